The predicted octanol–water partition coefficient (Wildman–Crippen LogP) is 1.53. The van der Waals surface area contributed by atoms with E-state index in [1.54, 1.807) is 25.5 Å². The van der Waals surface area contributed by atoms with Crippen LogP contribution in [0.1, 0.15) is 5.82 Å². The molecule has 7 nitrogen and oxygen atoms in total. The standard InChI is InChI=1S/C12H16N6O.HI/c1-3-6-14-12(13-2)15-8-10-16-11(18-17-10)9-5-4-7-19-9;/h3-5,7H,1,6,8H2,2H3,(H2,13,14,15)(H,16,17,18);1H. The number of H-pyrrole nitrogens is 1. The van der Waals surface area contributed by atoms with Crippen molar-refractivity contribution in [3.8, 4) is 11.6 Å². The molecule has 108 valence electrons. The number of aromatic amines is 1. The van der Waals surface area contributed by atoms with Gasteiger partial charge in [0.05, 0.1) is 12.8 Å². The van der Waals surface area contributed by atoms with Crippen molar-refractivity contribution in [2.45, 2.75) is 6.54 Å². The molecule has 8 heteroatoms. The van der Waals surface area contributed by atoms with Crippen molar-refractivity contribution in [3.05, 3.63) is 36.9 Å². The average Bonchev–Trinajstić information content (AvgIpc) is 3.09. The molecule has 0 spiro atoms. The number of halogens is 1. The molecule has 2 rings (SSSR count). The minimum absolute atomic E-state index is 0. The van der Waals surface area contributed by atoms with Gasteiger partial charge in [0.25, 0.3) is 0 Å². The van der Waals surface area contributed by atoms with Gasteiger partial charge < -0.3 is 15.1 Å². The highest BCUT2D eigenvalue weighted by Gasteiger charge is 2.08. The molecule has 0 bridgehead atoms. The molecule has 0 aliphatic rings. The molecule has 0 unspecified atom stereocenters. The Bertz CT molecular complexity index is 548. The van der Waals surface area contributed by atoms with Gasteiger partial charge in [0, 0.05) is 13.6 Å². The molecule has 0 radical (unpaired) electrons. The molecule has 0 atom stereocenters. The highest BCUT2D eigenvalue weighted by atomic mass is 127. The van der Waals surface area contributed by atoms with Crippen molar-refractivity contribution in [2.75, 3.05) is 13.6 Å². The number of hydrogen-bond donors (Lipinski definition) is 3. The van der Waals surface area contributed by atoms with Crippen molar-refractivity contribution in [1.82, 2.24) is 25.8 Å². The van der Waals surface area contributed by atoms with E-state index in [-0.39, 0.29) is 24.0 Å². The minimum Gasteiger partial charge on any atom is -0.461 e. The number of furan rings is 1. The van der Waals surface area contributed by atoms with E-state index in [9.17, 15) is 0 Å². The molecule has 0 amide bonds. The smallest absolute Gasteiger partial charge is 0.216 e. The van der Waals surface area contributed by atoms with Crippen molar-refractivity contribution < 1.29 is 4.42 Å². The maximum Gasteiger partial charge on any atom is 0.216 e. The third-order valence-corrected chi connectivity index (χ3v) is 2.33. The summed E-state index contributed by atoms with van der Waals surface area (Å²) in [6.45, 7) is 4.77. The summed E-state index contributed by atoms with van der Waals surface area (Å²) in [6, 6.07) is 3.61. The molecule has 0 saturated carbocycles. The Hall–Kier alpha value is -1.84. The topological polar surface area (TPSA) is 91.1 Å². The van der Waals surface area contributed by atoms with Gasteiger partial charge in [-0.15, -0.1) is 35.7 Å². The van der Waals surface area contributed by atoms with Crippen LogP contribution in [0.25, 0.3) is 11.6 Å². The summed E-state index contributed by atoms with van der Waals surface area (Å²) in [5.74, 6) is 2.55. The van der Waals surface area contributed by atoms with Crippen LogP contribution >= 0.6 is 24.0 Å². The molecular weight excluding hydrogens is 371 g/mol. The van der Waals surface area contributed by atoms with E-state index < -0.39 is 0 Å². The first-order valence-electron chi connectivity index (χ1n) is 5.84. The maximum absolute atomic E-state index is 5.22. The first-order chi connectivity index (χ1) is 9.33. The van der Waals surface area contributed by atoms with Crippen LogP contribution < -0.4 is 10.6 Å². The number of nitrogens with one attached hydrogen (secondary N) is 3. The number of aromatic nitrogens is 3. The zero-order valence-corrected chi connectivity index (χ0v) is 13.4. The molecule has 2 aromatic heterocycles. The third kappa shape index (κ3) is 4.37. The molecule has 3 N–H and O–H groups in total. The Labute approximate surface area is 134 Å². The van der Waals surface area contributed by atoms with Crippen LogP contribution in [0, 0.1) is 0 Å². The second kappa shape index (κ2) is 8.35. The van der Waals surface area contributed by atoms with Crippen LogP contribution in [0.15, 0.2) is 40.5 Å². The van der Waals surface area contributed by atoms with Crippen LogP contribution in [0.2, 0.25) is 0 Å². The maximum atomic E-state index is 5.22. The highest BCUT2D eigenvalue weighted by Crippen LogP contribution is 2.13. The van der Waals surface area contributed by atoms with Gasteiger partial charge in [-0.25, -0.2) is 4.98 Å². The average molecular weight is 388 g/mol. The largest absolute Gasteiger partial charge is 0.461 e. The third-order valence-electron chi connectivity index (χ3n) is 2.33. The van der Waals surface area contributed by atoms with Gasteiger partial charge in [-0.2, -0.15) is 0 Å². The van der Waals surface area contributed by atoms with Gasteiger partial charge in [-0.05, 0) is 12.1 Å². The van der Waals surface area contributed by atoms with Gasteiger partial charge in [-0.1, -0.05) is 6.08 Å². The Morgan fingerprint density at radius 3 is 3.05 bits per heavy atom. The van der Waals surface area contributed by atoms with E-state index in [1.807, 2.05) is 6.07 Å². The van der Waals surface area contributed by atoms with E-state index in [0.717, 1.165) is 0 Å². The minimum atomic E-state index is 0. The molecule has 2 heterocycles. The summed E-state index contributed by atoms with van der Waals surface area (Å²) in [5.41, 5.74) is 0. The lowest BCUT2D eigenvalue weighted by atomic mass is 10.4. The molecule has 0 aliphatic heterocycles. The lowest BCUT2D eigenvalue weighted by Crippen LogP contribution is -2.37. The lowest BCUT2D eigenvalue weighted by Gasteiger charge is -2.08. The van der Waals surface area contributed by atoms with Crippen LogP contribution in [-0.4, -0.2) is 34.7 Å². The Morgan fingerprint density at radius 1 is 1.55 bits per heavy atom. The van der Waals surface area contributed by atoms with E-state index in [1.165, 1.54) is 0 Å². The fraction of sp³-hybridized carbons (Fsp3) is 0.250. The molecule has 0 aromatic carbocycles. The normalized spacial score (nSPS) is 10.8. The first kappa shape index (κ1) is 16.2. The molecular formula is C12H17IN6O. The van der Waals surface area contributed by atoms with E-state index >= 15 is 0 Å². The van der Waals surface area contributed by atoms with Gasteiger partial charge in [0.1, 0.15) is 5.82 Å². The summed E-state index contributed by atoms with van der Waals surface area (Å²) in [4.78, 5) is 8.38. The SMILES string of the molecule is C=CCNC(=NC)NCc1nc(-c2ccco2)n[nH]1.I. The number of rotatable bonds is 5. The molecule has 0 aliphatic carbocycles. The van der Waals surface area contributed by atoms with E-state index in [0.29, 0.717) is 36.5 Å². The van der Waals surface area contributed by atoms with Crippen molar-refractivity contribution in [3.63, 3.8) is 0 Å². The molecule has 0 fully saturated rings. The fourth-order valence-corrected chi connectivity index (χ4v) is 1.45. The van der Waals surface area contributed by atoms with Gasteiger partial charge in [0.2, 0.25) is 5.82 Å². The van der Waals surface area contributed by atoms with Crippen LogP contribution in [-0.2, 0) is 6.54 Å². The summed E-state index contributed by atoms with van der Waals surface area (Å²) in [5, 5.41) is 13.1. The van der Waals surface area contributed by atoms with Crippen LogP contribution in [0.4, 0.5) is 0 Å². The highest BCUT2D eigenvalue weighted by molar-refractivity contribution is 14.0. The molecule has 20 heavy (non-hydrogen) atoms. The van der Waals surface area contributed by atoms with E-state index in [2.05, 4.69) is 37.4 Å². The second-order valence-corrected chi connectivity index (χ2v) is 3.68. The van der Waals surface area contributed by atoms with E-state index in [4.69, 9.17) is 4.42 Å². The Kier molecular flexibility index (Phi) is 6.77. The number of aliphatic imine (C=N–C) groups is 1. The number of guanidine groups is 1. The summed E-state index contributed by atoms with van der Waals surface area (Å²) in [7, 11) is 1.70. The second-order valence-electron chi connectivity index (χ2n) is 3.68. The zero-order chi connectivity index (χ0) is 13.5. The molecule has 2 aromatic rings. The summed E-state index contributed by atoms with van der Waals surface area (Å²) < 4.78 is 5.22. The predicted molar refractivity (Wildman–Crippen MR) is 87.9 cm³/mol. The Balaban J connectivity index is 0.00000200. The summed E-state index contributed by atoms with van der Waals surface area (Å²) >= 11 is 0. The van der Waals surface area contributed by atoms with Crippen molar-refractivity contribution in [1.29, 1.82) is 0 Å². The number of hydrogen-bond acceptors (Lipinski definition) is 4. The van der Waals surface area contributed by atoms with Gasteiger partial charge >= 0.3 is 0 Å². The van der Waals surface area contributed by atoms with Gasteiger partial charge in [-0.3, -0.25) is 10.1 Å². The number of nitrogens with zero attached hydrogens (tertiary/aromatic N) is 3. The fourth-order valence-electron chi connectivity index (χ4n) is 1.45. The molecule has 0 saturated heterocycles. The lowest BCUT2D eigenvalue weighted by molar-refractivity contribution is 0.577. The zero-order valence-electron chi connectivity index (χ0n) is 11.1. The van der Waals surface area contributed by atoms with Crippen LogP contribution in [0.5, 0.6) is 0 Å². The van der Waals surface area contributed by atoms with Crippen LogP contribution in [0.3, 0.4) is 0 Å². The monoisotopic (exact) mass is 388 g/mol. The van der Waals surface area contributed by atoms with Crippen molar-refractivity contribution >= 4 is 29.9 Å². The Morgan fingerprint density at radius 2 is 2.40 bits per heavy atom. The van der Waals surface area contributed by atoms with Crippen molar-refractivity contribution in [2.24, 2.45) is 4.99 Å². The van der Waals surface area contributed by atoms with Gasteiger partial charge in [0.15, 0.2) is 11.7 Å². The first-order valence-corrected chi connectivity index (χ1v) is 5.84. The summed E-state index contributed by atoms with van der Waals surface area (Å²) in [6.07, 6.45) is 3.35. The quantitative estimate of drug-likeness (QED) is 0.313.